The van der Waals surface area contributed by atoms with Crippen LogP contribution < -0.4 is 0 Å². The molecule has 2 nitrogen and oxygen atoms in total. The van der Waals surface area contributed by atoms with E-state index < -0.39 is 0 Å². The Hall–Kier alpha value is -0.760. The molecular formula is C13H20O2. The minimum atomic E-state index is -0.328. The lowest BCUT2D eigenvalue weighted by molar-refractivity contribution is 0.131. The number of hydrogen-bond donors (Lipinski definition) is 1. The van der Waals surface area contributed by atoms with E-state index in [1.807, 2.05) is 13.0 Å². The molecule has 0 radical (unpaired) electrons. The highest BCUT2D eigenvalue weighted by Gasteiger charge is 2.19. The first-order valence-electron chi connectivity index (χ1n) is 5.99. The summed E-state index contributed by atoms with van der Waals surface area (Å²) in [6.45, 7) is 1.91. The predicted molar refractivity (Wildman–Crippen MR) is 59.6 cm³/mol. The molecule has 0 saturated heterocycles. The van der Waals surface area contributed by atoms with E-state index in [2.05, 4.69) is 0 Å². The first-order chi connectivity index (χ1) is 7.25. The first kappa shape index (κ1) is 10.7. The van der Waals surface area contributed by atoms with Crippen LogP contribution in [0, 0.1) is 12.8 Å². The Labute approximate surface area is 91.3 Å². The maximum absolute atomic E-state index is 10.0. The fourth-order valence-electron chi connectivity index (χ4n) is 2.51. The van der Waals surface area contributed by atoms with Crippen molar-refractivity contribution in [3.05, 3.63) is 23.7 Å². The molecule has 1 aliphatic rings. The number of aryl methyl sites for hydroxylation is 1. The van der Waals surface area contributed by atoms with Crippen molar-refractivity contribution in [3.63, 3.8) is 0 Å². The quantitative estimate of drug-likeness (QED) is 0.823. The molecule has 1 aromatic heterocycles. The lowest BCUT2D eigenvalue weighted by Crippen LogP contribution is -2.10. The van der Waals surface area contributed by atoms with Crippen LogP contribution in [0.15, 0.2) is 16.7 Å². The van der Waals surface area contributed by atoms with Crippen molar-refractivity contribution in [3.8, 4) is 0 Å². The van der Waals surface area contributed by atoms with Gasteiger partial charge in [0.25, 0.3) is 0 Å². The lowest BCUT2D eigenvalue weighted by Gasteiger charge is -2.23. The van der Waals surface area contributed by atoms with Gasteiger partial charge in [-0.25, -0.2) is 0 Å². The third kappa shape index (κ3) is 2.85. The molecule has 15 heavy (non-hydrogen) atoms. The number of furan rings is 1. The highest BCUT2D eigenvalue weighted by Crippen LogP contribution is 2.32. The van der Waals surface area contributed by atoms with Gasteiger partial charge in [0.1, 0.15) is 5.76 Å². The highest BCUT2D eigenvalue weighted by atomic mass is 16.3. The standard InChI is InChI=1S/C13H20O2/c1-10-7-12(9-15-10)13(14)8-11-5-3-2-4-6-11/h7,9,11,13-14H,2-6,8H2,1H3. The van der Waals surface area contributed by atoms with Crippen molar-refractivity contribution in [1.29, 1.82) is 0 Å². The molecule has 0 spiro atoms. The SMILES string of the molecule is Cc1cc(C(O)CC2CCCCC2)co1. The van der Waals surface area contributed by atoms with Crippen molar-refractivity contribution in [2.75, 3.05) is 0 Å². The Balaban J connectivity index is 1.88. The molecule has 1 aliphatic carbocycles. The van der Waals surface area contributed by atoms with Gasteiger partial charge in [-0.15, -0.1) is 0 Å². The second-order valence-corrected chi connectivity index (χ2v) is 4.75. The Bertz CT molecular complexity index is 297. The first-order valence-corrected chi connectivity index (χ1v) is 5.99. The Morgan fingerprint density at radius 3 is 2.73 bits per heavy atom. The van der Waals surface area contributed by atoms with Crippen LogP contribution in [-0.4, -0.2) is 5.11 Å². The third-order valence-corrected chi connectivity index (χ3v) is 3.42. The molecule has 2 rings (SSSR count). The zero-order valence-electron chi connectivity index (χ0n) is 9.41. The predicted octanol–water partition coefficient (Wildman–Crippen LogP) is 3.59. The van der Waals surface area contributed by atoms with Gasteiger partial charge < -0.3 is 9.52 Å². The monoisotopic (exact) mass is 208 g/mol. The lowest BCUT2D eigenvalue weighted by atomic mass is 9.84. The van der Waals surface area contributed by atoms with Crippen molar-refractivity contribution in [2.45, 2.75) is 51.6 Å². The van der Waals surface area contributed by atoms with Gasteiger partial charge in [0.2, 0.25) is 0 Å². The molecular weight excluding hydrogens is 188 g/mol. The molecule has 1 aromatic rings. The largest absolute Gasteiger partial charge is 0.469 e. The van der Waals surface area contributed by atoms with E-state index in [9.17, 15) is 5.11 Å². The maximum atomic E-state index is 10.0. The van der Waals surface area contributed by atoms with Crippen LogP contribution in [0.3, 0.4) is 0 Å². The summed E-state index contributed by atoms with van der Waals surface area (Å²) in [5, 5.41) is 10.0. The summed E-state index contributed by atoms with van der Waals surface area (Å²) in [4.78, 5) is 0. The molecule has 0 aliphatic heterocycles. The number of rotatable bonds is 3. The molecule has 84 valence electrons. The second kappa shape index (κ2) is 4.84. The van der Waals surface area contributed by atoms with Gasteiger partial charge in [-0.05, 0) is 25.3 Å². The van der Waals surface area contributed by atoms with E-state index in [4.69, 9.17) is 4.42 Å². The van der Waals surface area contributed by atoms with Crippen LogP contribution in [0.2, 0.25) is 0 Å². The summed E-state index contributed by atoms with van der Waals surface area (Å²) in [7, 11) is 0. The Morgan fingerprint density at radius 1 is 1.40 bits per heavy atom. The van der Waals surface area contributed by atoms with Crippen molar-refractivity contribution < 1.29 is 9.52 Å². The summed E-state index contributed by atoms with van der Waals surface area (Å²) in [5.74, 6) is 1.59. The summed E-state index contributed by atoms with van der Waals surface area (Å²) in [6, 6.07) is 1.94. The van der Waals surface area contributed by atoms with Gasteiger partial charge >= 0.3 is 0 Å². The van der Waals surface area contributed by atoms with E-state index >= 15 is 0 Å². The van der Waals surface area contributed by atoms with Crippen LogP contribution in [0.5, 0.6) is 0 Å². The number of hydrogen-bond acceptors (Lipinski definition) is 2. The second-order valence-electron chi connectivity index (χ2n) is 4.75. The fraction of sp³-hybridized carbons (Fsp3) is 0.692. The minimum absolute atomic E-state index is 0.328. The topological polar surface area (TPSA) is 33.4 Å². The van der Waals surface area contributed by atoms with Crippen molar-refractivity contribution in [2.24, 2.45) is 5.92 Å². The van der Waals surface area contributed by atoms with E-state index in [1.165, 1.54) is 32.1 Å². The molecule has 0 aromatic carbocycles. The van der Waals surface area contributed by atoms with Gasteiger partial charge in [-0.1, -0.05) is 32.1 Å². The van der Waals surface area contributed by atoms with Crippen LogP contribution in [0.4, 0.5) is 0 Å². The molecule has 1 N–H and O–H groups in total. The van der Waals surface area contributed by atoms with E-state index in [1.54, 1.807) is 6.26 Å². The van der Waals surface area contributed by atoms with Crippen molar-refractivity contribution >= 4 is 0 Å². The molecule has 1 unspecified atom stereocenters. The molecule has 1 heterocycles. The zero-order valence-corrected chi connectivity index (χ0v) is 9.41. The minimum Gasteiger partial charge on any atom is -0.469 e. The molecule has 0 amide bonds. The van der Waals surface area contributed by atoms with Gasteiger partial charge in [-0.2, -0.15) is 0 Å². The van der Waals surface area contributed by atoms with Crippen LogP contribution in [0.25, 0.3) is 0 Å². The van der Waals surface area contributed by atoms with E-state index in [0.717, 1.165) is 17.7 Å². The number of aliphatic hydroxyl groups excluding tert-OH is 1. The third-order valence-electron chi connectivity index (χ3n) is 3.42. The molecule has 1 saturated carbocycles. The zero-order chi connectivity index (χ0) is 10.7. The Morgan fingerprint density at radius 2 is 2.13 bits per heavy atom. The molecule has 1 fully saturated rings. The van der Waals surface area contributed by atoms with E-state index in [-0.39, 0.29) is 6.10 Å². The van der Waals surface area contributed by atoms with Crippen LogP contribution >= 0.6 is 0 Å². The van der Waals surface area contributed by atoms with Crippen LogP contribution in [-0.2, 0) is 0 Å². The van der Waals surface area contributed by atoms with Gasteiger partial charge in [0.15, 0.2) is 0 Å². The average molecular weight is 208 g/mol. The summed E-state index contributed by atoms with van der Waals surface area (Å²) >= 11 is 0. The maximum Gasteiger partial charge on any atom is 0.101 e. The van der Waals surface area contributed by atoms with Crippen LogP contribution in [0.1, 0.15) is 56.0 Å². The molecule has 2 heteroatoms. The highest BCUT2D eigenvalue weighted by molar-refractivity contribution is 5.14. The fourth-order valence-corrected chi connectivity index (χ4v) is 2.51. The smallest absolute Gasteiger partial charge is 0.101 e. The summed E-state index contributed by atoms with van der Waals surface area (Å²) in [6.07, 6.45) is 8.87. The van der Waals surface area contributed by atoms with Gasteiger partial charge in [0.05, 0.1) is 12.4 Å². The number of aliphatic hydroxyl groups is 1. The molecule has 0 bridgehead atoms. The summed E-state index contributed by atoms with van der Waals surface area (Å²) < 4.78 is 5.21. The van der Waals surface area contributed by atoms with Gasteiger partial charge in [0, 0.05) is 5.56 Å². The Kier molecular flexibility index (Phi) is 3.47. The normalized spacial score (nSPS) is 20.4. The van der Waals surface area contributed by atoms with Crippen molar-refractivity contribution in [1.82, 2.24) is 0 Å². The average Bonchev–Trinajstić information content (AvgIpc) is 2.66. The molecule has 1 atom stereocenters. The van der Waals surface area contributed by atoms with Gasteiger partial charge in [-0.3, -0.25) is 0 Å². The summed E-state index contributed by atoms with van der Waals surface area (Å²) in [5.41, 5.74) is 0.943. The van der Waals surface area contributed by atoms with E-state index in [0.29, 0.717) is 5.92 Å².